The molecular weight excluding hydrogens is 362 g/mol. The number of nitrogens with one attached hydrogen (secondary N) is 2. The van der Waals surface area contributed by atoms with Crippen molar-refractivity contribution in [3.63, 3.8) is 0 Å². The Morgan fingerprint density at radius 3 is 2.66 bits per heavy atom. The van der Waals surface area contributed by atoms with E-state index in [9.17, 15) is 9.90 Å². The van der Waals surface area contributed by atoms with E-state index < -0.39 is 5.97 Å². The van der Waals surface area contributed by atoms with Crippen LogP contribution < -0.4 is 10.6 Å². The van der Waals surface area contributed by atoms with Crippen molar-refractivity contribution in [2.75, 3.05) is 10.6 Å². The Kier molecular flexibility index (Phi) is 5.47. The Morgan fingerprint density at radius 2 is 1.86 bits per heavy atom. The smallest absolute Gasteiger partial charge is 0.308 e. The number of rotatable bonds is 6. The molecule has 2 aromatic carbocycles. The third-order valence-electron chi connectivity index (χ3n) is 6.12. The molecule has 0 saturated heterocycles. The van der Waals surface area contributed by atoms with Gasteiger partial charge >= 0.3 is 5.97 Å². The van der Waals surface area contributed by atoms with Gasteiger partial charge in [-0.2, -0.15) is 0 Å². The fourth-order valence-electron chi connectivity index (χ4n) is 4.62. The van der Waals surface area contributed by atoms with Gasteiger partial charge in [-0.25, -0.2) is 0 Å². The zero-order valence-corrected chi connectivity index (χ0v) is 17.1. The lowest BCUT2D eigenvalue weighted by atomic mass is 9.84. The molecule has 2 atom stereocenters. The van der Waals surface area contributed by atoms with Crippen LogP contribution in [0.15, 0.2) is 48.7 Å². The zero-order valence-electron chi connectivity index (χ0n) is 17.1. The van der Waals surface area contributed by atoms with Crippen molar-refractivity contribution in [2.45, 2.75) is 45.2 Å². The number of hydrogen-bond acceptors (Lipinski definition) is 3. The second kappa shape index (κ2) is 8.19. The minimum Gasteiger partial charge on any atom is -0.481 e. The second-order valence-electron chi connectivity index (χ2n) is 8.11. The molecule has 0 amide bonds. The highest BCUT2D eigenvalue weighted by Crippen LogP contribution is 2.31. The summed E-state index contributed by atoms with van der Waals surface area (Å²) in [6.45, 7) is 2.87. The normalized spacial score (nSPS) is 19.2. The lowest BCUT2D eigenvalue weighted by Crippen LogP contribution is -2.37. The number of carbonyl (C=O) groups is 1. The quantitative estimate of drug-likeness (QED) is 0.543. The summed E-state index contributed by atoms with van der Waals surface area (Å²) in [5.74, 6) is -1.02. The molecule has 4 rings (SSSR count). The van der Waals surface area contributed by atoms with E-state index >= 15 is 0 Å². The number of aromatic nitrogens is 1. The molecule has 0 radical (unpaired) electrons. The van der Waals surface area contributed by atoms with Gasteiger partial charge in [-0.05, 0) is 49.1 Å². The summed E-state index contributed by atoms with van der Waals surface area (Å²) in [6, 6.07) is 14.5. The summed E-state index contributed by atoms with van der Waals surface area (Å²) >= 11 is 0. The van der Waals surface area contributed by atoms with E-state index in [0.717, 1.165) is 37.1 Å². The predicted molar refractivity (Wildman–Crippen MR) is 118 cm³/mol. The van der Waals surface area contributed by atoms with Crippen molar-refractivity contribution in [1.82, 2.24) is 4.57 Å². The van der Waals surface area contributed by atoms with E-state index in [4.69, 9.17) is 0 Å². The molecule has 1 unspecified atom stereocenters. The molecular formula is C24H29N3O2. The number of fused-ring (bicyclic) bond motifs is 1. The summed E-state index contributed by atoms with van der Waals surface area (Å²) in [4.78, 5) is 11.7. The molecule has 3 aromatic rings. The number of aliphatic carboxylic acids is 1. The Labute approximate surface area is 171 Å². The van der Waals surface area contributed by atoms with E-state index in [1.54, 1.807) is 0 Å². The lowest BCUT2D eigenvalue weighted by molar-refractivity contribution is -0.143. The maximum Gasteiger partial charge on any atom is 0.308 e. The van der Waals surface area contributed by atoms with Crippen molar-refractivity contribution in [1.29, 1.82) is 0 Å². The Hall–Kier alpha value is -2.95. The summed E-state index contributed by atoms with van der Waals surface area (Å²) in [7, 11) is 2.08. The van der Waals surface area contributed by atoms with Crippen LogP contribution >= 0.6 is 0 Å². The fourth-order valence-corrected chi connectivity index (χ4v) is 4.62. The van der Waals surface area contributed by atoms with Crippen molar-refractivity contribution in [2.24, 2.45) is 13.0 Å². The molecule has 1 aliphatic carbocycles. The predicted octanol–water partition coefficient (Wildman–Crippen LogP) is 5.15. The maximum atomic E-state index is 11.7. The average Bonchev–Trinajstić information content (AvgIpc) is 3.04. The second-order valence-corrected chi connectivity index (χ2v) is 8.11. The zero-order chi connectivity index (χ0) is 20.4. The van der Waals surface area contributed by atoms with Crippen molar-refractivity contribution in [3.05, 3.63) is 59.8 Å². The average molecular weight is 392 g/mol. The van der Waals surface area contributed by atoms with E-state index in [-0.39, 0.29) is 12.0 Å². The first-order chi connectivity index (χ1) is 14.0. The number of para-hydroxylation sites is 2. The number of benzene rings is 2. The highest BCUT2D eigenvalue weighted by atomic mass is 16.4. The Bertz CT molecular complexity index is 1020. The lowest BCUT2D eigenvalue weighted by Gasteiger charge is -2.30. The molecule has 0 aliphatic heterocycles. The molecule has 3 N–H and O–H groups in total. The van der Waals surface area contributed by atoms with Crippen molar-refractivity contribution in [3.8, 4) is 0 Å². The van der Waals surface area contributed by atoms with Crippen LogP contribution in [0.25, 0.3) is 10.9 Å². The van der Waals surface area contributed by atoms with E-state index in [1.165, 1.54) is 22.0 Å². The van der Waals surface area contributed by atoms with Gasteiger partial charge in [0.25, 0.3) is 0 Å². The van der Waals surface area contributed by atoms with Crippen LogP contribution in [0.4, 0.5) is 11.4 Å². The number of hydrogen-bond donors (Lipinski definition) is 3. The third-order valence-corrected chi connectivity index (χ3v) is 6.12. The van der Waals surface area contributed by atoms with Crippen LogP contribution in [0.5, 0.6) is 0 Å². The maximum absolute atomic E-state index is 11.7. The van der Waals surface area contributed by atoms with E-state index in [1.807, 2.05) is 18.2 Å². The van der Waals surface area contributed by atoms with Crippen LogP contribution in [-0.2, 0) is 18.4 Å². The molecule has 1 aliphatic rings. The van der Waals surface area contributed by atoms with E-state index in [2.05, 4.69) is 59.6 Å². The van der Waals surface area contributed by atoms with Gasteiger partial charge in [-0.3, -0.25) is 4.79 Å². The van der Waals surface area contributed by atoms with E-state index in [0.29, 0.717) is 6.54 Å². The topological polar surface area (TPSA) is 66.3 Å². The first-order valence-electron chi connectivity index (χ1n) is 10.4. The summed E-state index contributed by atoms with van der Waals surface area (Å²) < 4.78 is 2.17. The molecule has 5 nitrogen and oxygen atoms in total. The van der Waals surface area contributed by atoms with Gasteiger partial charge in [0.2, 0.25) is 0 Å². The first kappa shape index (κ1) is 19.4. The SMILES string of the molecule is Cc1cccc2c1c(CNc1ccccc1NC1CCCC[C@H]1C(=O)O)cn2C. The molecule has 1 aromatic heterocycles. The minimum atomic E-state index is -0.695. The number of anilines is 2. The Balaban J connectivity index is 1.55. The van der Waals surface area contributed by atoms with Crippen LogP contribution in [0.1, 0.15) is 36.8 Å². The van der Waals surface area contributed by atoms with Crippen LogP contribution in [0.3, 0.4) is 0 Å². The molecule has 5 heteroatoms. The molecule has 0 spiro atoms. The van der Waals surface area contributed by atoms with Gasteiger partial charge in [0, 0.05) is 36.7 Å². The van der Waals surface area contributed by atoms with Crippen LogP contribution in [-0.4, -0.2) is 21.7 Å². The van der Waals surface area contributed by atoms with Crippen LogP contribution in [0.2, 0.25) is 0 Å². The molecule has 1 saturated carbocycles. The summed E-state index contributed by atoms with van der Waals surface area (Å²) in [6.07, 6.45) is 5.90. The van der Waals surface area contributed by atoms with Gasteiger partial charge in [0.15, 0.2) is 0 Å². The van der Waals surface area contributed by atoms with Crippen molar-refractivity contribution < 1.29 is 9.90 Å². The molecule has 152 valence electrons. The van der Waals surface area contributed by atoms with Gasteiger partial charge < -0.3 is 20.3 Å². The minimum absolute atomic E-state index is 0.0241. The third kappa shape index (κ3) is 3.95. The first-order valence-corrected chi connectivity index (χ1v) is 10.4. The highest BCUT2D eigenvalue weighted by molar-refractivity contribution is 5.87. The monoisotopic (exact) mass is 391 g/mol. The van der Waals surface area contributed by atoms with Gasteiger partial charge in [-0.15, -0.1) is 0 Å². The number of aryl methyl sites for hydroxylation is 2. The highest BCUT2D eigenvalue weighted by Gasteiger charge is 2.31. The van der Waals surface area contributed by atoms with Crippen LogP contribution in [0, 0.1) is 12.8 Å². The molecule has 1 heterocycles. The molecule has 29 heavy (non-hydrogen) atoms. The fraction of sp³-hybridized carbons (Fsp3) is 0.375. The number of carboxylic acids is 1. The number of carboxylic acid groups (broad SMARTS) is 1. The largest absolute Gasteiger partial charge is 0.481 e. The Morgan fingerprint density at radius 1 is 1.10 bits per heavy atom. The summed E-state index contributed by atoms with van der Waals surface area (Å²) in [5.41, 5.74) is 5.75. The van der Waals surface area contributed by atoms with Crippen molar-refractivity contribution >= 4 is 28.2 Å². The summed E-state index contributed by atoms with van der Waals surface area (Å²) in [5, 5.41) is 18.0. The van der Waals surface area contributed by atoms with Gasteiger partial charge in [0.05, 0.1) is 17.3 Å². The molecule has 1 fully saturated rings. The van der Waals surface area contributed by atoms with Gasteiger partial charge in [-0.1, -0.05) is 37.1 Å². The molecule has 0 bridgehead atoms. The number of nitrogens with zero attached hydrogens (tertiary/aromatic N) is 1. The van der Waals surface area contributed by atoms with Gasteiger partial charge in [0.1, 0.15) is 0 Å². The standard InChI is InChI=1S/C24H29N3O2/c1-16-8-7-13-22-23(16)17(15-27(22)2)14-25-20-11-5-6-12-21(20)26-19-10-4-3-9-18(19)24(28)29/h5-8,11-13,15,18-19,25-26H,3-4,9-10,14H2,1-2H3,(H,28,29)/t18-,19?/m1/s1.